The van der Waals surface area contributed by atoms with Crippen LogP contribution in [-0.2, 0) is 14.3 Å². The summed E-state index contributed by atoms with van der Waals surface area (Å²) in [7, 11) is 0. The first-order valence-electron chi connectivity index (χ1n) is 8.75. The molecule has 2 aromatic rings. The Balaban J connectivity index is 1.55. The van der Waals surface area contributed by atoms with Gasteiger partial charge in [-0.15, -0.1) is 0 Å². The topological polar surface area (TPSA) is 78.9 Å². The average molecular weight is 366 g/mol. The van der Waals surface area contributed by atoms with Crippen molar-refractivity contribution in [1.82, 2.24) is 10.2 Å². The zero-order chi connectivity index (χ0) is 19.2. The molecule has 2 N–H and O–H groups in total. The largest absolute Gasteiger partial charge is 0.480 e. The fourth-order valence-electron chi connectivity index (χ4n) is 3.36. The Morgan fingerprint density at radius 1 is 1.15 bits per heavy atom. The Morgan fingerprint density at radius 3 is 2.30 bits per heavy atom. The monoisotopic (exact) mass is 366 g/mol. The first kappa shape index (κ1) is 18.5. The number of aliphatic carboxylic acids is 1. The van der Waals surface area contributed by atoms with Gasteiger partial charge >= 0.3 is 5.97 Å². The first-order valence-corrected chi connectivity index (χ1v) is 8.75. The van der Waals surface area contributed by atoms with Crippen LogP contribution in [0.2, 0.25) is 0 Å². The van der Waals surface area contributed by atoms with E-state index >= 15 is 0 Å². The van der Waals surface area contributed by atoms with Crippen molar-refractivity contribution in [2.75, 3.05) is 26.2 Å². The number of carbonyl (C=O) groups excluding carboxylic acids is 1. The number of nitrogens with one attached hydrogen (secondary N) is 1. The van der Waals surface area contributed by atoms with Crippen molar-refractivity contribution in [3.8, 4) is 11.1 Å². The lowest BCUT2D eigenvalue weighted by molar-refractivity contribution is -0.140. The Labute approximate surface area is 158 Å². The highest BCUT2D eigenvalue weighted by Gasteiger charge is 2.28. The van der Waals surface area contributed by atoms with Crippen LogP contribution in [0.1, 0.15) is 17.0 Å². The van der Waals surface area contributed by atoms with Crippen molar-refractivity contribution in [3.63, 3.8) is 0 Å². The number of hydrogen-bond acceptors (Lipinski definition) is 4. The Kier molecular flexibility index (Phi) is 5.76. The van der Waals surface area contributed by atoms with E-state index in [9.17, 15) is 9.59 Å². The first-order chi connectivity index (χ1) is 13.1. The highest BCUT2D eigenvalue weighted by Crippen LogP contribution is 2.44. The number of fused-ring (bicyclic) bond motifs is 3. The van der Waals surface area contributed by atoms with Gasteiger partial charge in [0.2, 0.25) is 6.41 Å². The Hall–Kier alpha value is -3.28. The van der Waals surface area contributed by atoms with Gasteiger partial charge in [0.1, 0.15) is 13.2 Å². The van der Waals surface area contributed by atoms with Gasteiger partial charge in [-0.3, -0.25) is 9.59 Å². The lowest BCUT2D eigenvalue weighted by Gasteiger charge is -2.19. The fourth-order valence-corrected chi connectivity index (χ4v) is 3.36. The summed E-state index contributed by atoms with van der Waals surface area (Å²) in [6, 6.07) is 16.6. The van der Waals surface area contributed by atoms with Gasteiger partial charge in [-0.05, 0) is 28.8 Å². The molecule has 0 saturated heterocycles. The lowest BCUT2D eigenvalue weighted by Crippen LogP contribution is -2.35. The number of benzene rings is 2. The Morgan fingerprint density at radius 2 is 1.74 bits per heavy atom. The Bertz CT molecular complexity index is 804. The number of carboxylic acid groups (broad SMARTS) is 1. The lowest BCUT2D eigenvalue weighted by atomic mass is 9.98. The van der Waals surface area contributed by atoms with E-state index in [0.29, 0.717) is 25.4 Å². The minimum absolute atomic E-state index is 0.134. The quantitative estimate of drug-likeness (QED) is 0.499. The van der Waals surface area contributed by atoms with E-state index in [0.717, 1.165) is 0 Å². The molecule has 0 aliphatic heterocycles. The maximum absolute atomic E-state index is 10.8. The van der Waals surface area contributed by atoms with Gasteiger partial charge in [-0.2, -0.15) is 0 Å². The van der Waals surface area contributed by atoms with Crippen molar-refractivity contribution in [3.05, 3.63) is 72.1 Å². The molecule has 1 aliphatic rings. The second-order valence-corrected chi connectivity index (χ2v) is 6.36. The summed E-state index contributed by atoms with van der Waals surface area (Å²) in [4.78, 5) is 22.7. The van der Waals surface area contributed by atoms with Crippen LogP contribution in [0.3, 0.4) is 0 Å². The molecule has 0 unspecified atom stereocenters. The number of nitrogens with zero attached hydrogens (tertiary/aromatic N) is 1. The van der Waals surface area contributed by atoms with E-state index in [-0.39, 0.29) is 19.0 Å². The molecule has 2 aromatic carbocycles. The number of ether oxygens (including phenoxy) is 1. The normalized spacial score (nSPS) is 12.0. The van der Waals surface area contributed by atoms with Crippen LogP contribution < -0.4 is 5.32 Å². The predicted octanol–water partition coefficient (Wildman–Crippen LogP) is 2.42. The van der Waals surface area contributed by atoms with Crippen molar-refractivity contribution >= 4 is 12.4 Å². The molecule has 0 aromatic heterocycles. The summed E-state index contributed by atoms with van der Waals surface area (Å²) in [5, 5.41) is 11.7. The summed E-state index contributed by atoms with van der Waals surface area (Å²) in [5.41, 5.74) is 4.94. The summed E-state index contributed by atoms with van der Waals surface area (Å²) in [6.45, 7) is 4.60. The molecule has 0 heterocycles. The zero-order valence-corrected chi connectivity index (χ0v) is 14.9. The molecule has 0 spiro atoms. The second-order valence-electron chi connectivity index (χ2n) is 6.36. The van der Waals surface area contributed by atoms with E-state index in [4.69, 9.17) is 9.84 Å². The van der Waals surface area contributed by atoms with E-state index in [1.54, 1.807) is 0 Å². The number of amides is 1. The number of carboxylic acids is 1. The van der Waals surface area contributed by atoms with Crippen molar-refractivity contribution in [1.29, 1.82) is 0 Å². The van der Waals surface area contributed by atoms with Crippen LogP contribution in [0, 0.1) is 0 Å². The SMILES string of the molecule is C=C(NCCN(C=O)CC(=O)O)OCC1c2ccccc2-c2ccccc21. The minimum Gasteiger partial charge on any atom is -0.480 e. The maximum atomic E-state index is 10.8. The molecule has 6 nitrogen and oxygen atoms in total. The molecule has 0 atom stereocenters. The third-order valence-electron chi connectivity index (χ3n) is 4.60. The summed E-state index contributed by atoms with van der Waals surface area (Å²) in [5.74, 6) is -0.511. The molecule has 6 heteroatoms. The average Bonchev–Trinajstić information content (AvgIpc) is 2.99. The highest BCUT2D eigenvalue weighted by molar-refractivity contribution is 5.78. The van der Waals surface area contributed by atoms with E-state index in [1.165, 1.54) is 27.2 Å². The van der Waals surface area contributed by atoms with E-state index < -0.39 is 5.97 Å². The van der Waals surface area contributed by atoms with Crippen LogP contribution >= 0.6 is 0 Å². The van der Waals surface area contributed by atoms with E-state index in [2.05, 4.69) is 36.2 Å². The van der Waals surface area contributed by atoms with Crippen LogP contribution in [0.4, 0.5) is 0 Å². The molecule has 1 aliphatic carbocycles. The summed E-state index contributed by atoms with van der Waals surface area (Å²) < 4.78 is 5.81. The van der Waals surface area contributed by atoms with Crippen LogP contribution in [0.5, 0.6) is 0 Å². The molecule has 3 rings (SSSR count). The number of hydrogen-bond donors (Lipinski definition) is 2. The van der Waals surface area contributed by atoms with Crippen molar-refractivity contribution in [2.24, 2.45) is 0 Å². The predicted molar refractivity (Wildman–Crippen MR) is 102 cm³/mol. The fraction of sp³-hybridized carbons (Fsp3) is 0.238. The van der Waals surface area contributed by atoms with Crippen LogP contribution in [0.15, 0.2) is 61.0 Å². The molecule has 0 bridgehead atoms. The molecule has 0 fully saturated rings. The molecule has 0 radical (unpaired) electrons. The molecular formula is C21H22N2O4. The van der Waals surface area contributed by atoms with Gasteiger partial charge in [-0.1, -0.05) is 48.5 Å². The molecule has 0 saturated carbocycles. The van der Waals surface area contributed by atoms with Gasteiger partial charge in [0.05, 0.1) is 0 Å². The van der Waals surface area contributed by atoms with Crippen LogP contribution in [0.25, 0.3) is 11.1 Å². The third kappa shape index (κ3) is 4.28. The standard InChI is InChI=1S/C21H22N2O4/c1-15(22-10-11-23(14-24)12-21(25)26)27-13-20-18-8-4-2-6-16(18)17-7-3-5-9-19(17)20/h2-9,14,20,22H,1,10-13H2,(H,25,26). The third-order valence-corrected chi connectivity index (χ3v) is 4.60. The number of carbonyl (C=O) groups is 2. The summed E-state index contributed by atoms with van der Waals surface area (Å²) in [6.07, 6.45) is 0.520. The number of rotatable bonds is 10. The second kappa shape index (κ2) is 8.40. The highest BCUT2D eigenvalue weighted by atomic mass is 16.5. The van der Waals surface area contributed by atoms with Gasteiger partial charge in [-0.25, -0.2) is 0 Å². The maximum Gasteiger partial charge on any atom is 0.323 e. The minimum atomic E-state index is -1.05. The zero-order valence-electron chi connectivity index (χ0n) is 14.9. The molecular weight excluding hydrogens is 344 g/mol. The van der Waals surface area contributed by atoms with Gasteiger partial charge in [0.25, 0.3) is 0 Å². The van der Waals surface area contributed by atoms with Crippen molar-refractivity contribution < 1.29 is 19.4 Å². The van der Waals surface area contributed by atoms with Crippen LogP contribution in [-0.4, -0.2) is 48.6 Å². The van der Waals surface area contributed by atoms with E-state index in [1.807, 2.05) is 24.3 Å². The van der Waals surface area contributed by atoms with Gasteiger partial charge < -0.3 is 20.1 Å². The molecule has 27 heavy (non-hydrogen) atoms. The summed E-state index contributed by atoms with van der Waals surface area (Å²) >= 11 is 0. The van der Waals surface area contributed by atoms with Gasteiger partial charge in [0, 0.05) is 19.0 Å². The molecule has 1 amide bonds. The van der Waals surface area contributed by atoms with Crippen molar-refractivity contribution in [2.45, 2.75) is 5.92 Å². The van der Waals surface area contributed by atoms with Gasteiger partial charge in [0.15, 0.2) is 5.88 Å². The molecule has 140 valence electrons. The smallest absolute Gasteiger partial charge is 0.323 e.